The summed E-state index contributed by atoms with van der Waals surface area (Å²) in [4.78, 5) is 26.9. The summed E-state index contributed by atoms with van der Waals surface area (Å²) in [6.07, 6.45) is 1.93. The van der Waals surface area contributed by atoms with Gasteiger partial charge in [-0.2, -0.15) is 0 Å². The average Bonchev–Trinajstić information content (AvgIpc) is 2.61. The van der Waals surface area contributed by atoms with E-state index in [-0.39, 0.29) is 11.8 Å². The van der Waals surface area contributed by atoms with Crippen molar-refractivity contribution in [2.75, 3.05) is 11.4 Å². The van der Waals surface area contributed by atoms with E-state index in [0.29, 0.717) is 12.1 Å². The van der Waals surface area contributed by atoms with Crippen molar-refractivity contribution in [3.05, 3.63) is 64.1 Å². The molecule has 5 heteroatoms. The van der Waals surface area contributed by atoms with Crippen LogP contribution in [0.15, 0.2) is 53.0 Å². The van der Waals surface area contributed by atoms with Gasteiger partial charge in [0.05, 0.1) is 0 Å². The number of hydrogen-bond acceptors (Lipinski definition) is 2. The van der Waals surface area contributed by atoms with Gasteiger partial charge < -0.3 is 10.2 Å². The van der Waals surface area contributed by atoms with Crippen LogP contribution < -0.4 is 10.2 Å². The molecule has 1 heterocycles. The van der Waals surface area contributed by atoms with Gasteiger partial charge in [0, 0.05) is 22.3 Å². The SMILES string of the molecule is CC(NC(=O)c1ccc(Br)cc1)C(=O)N1CCCc2ccccc21. The molecule has 2 aromatic rings. The van der Waals surface area contributed by atoms with Gasteiger partial charge in [0.25, 0.3) is 5.91 Å². The number of halogens is 1. The number of amides is 2. The molecule has 0 saturated carbocycles. The predicted octanol–water partition coefficient (Wildman–Crippen LogP) is 3.55. The first-order valence-electron chi connectivity index (χ1n) is 8.02. The van der Waals surface area contributed by atoms with Crippen LogP contribution in [-0.2, 0) is 11.2 Å². The van der Waals surface area contributed by atoms with Gasteiger partial charge in [-0.15, -0.1) is 0 Å². The number of carbonyl (C=O) groups is 2. The first-order valence-corrected chi connectivity index (χ1v) is 8.81. The van der Waals surface area contributed by atoms with Crippen LogP contribution in [0.3, 0.4) is 0 Å². The highest BCUT2D eigenvalue weighted by Crippen LogP contribution is 2.27. The van der Waals surface area contributed by atoms with Crippen LogP contribution in [0.5, 0.6) is 0 Å². The number of nitrogens with one attached hydrogen (secondary N) is 1. The molecule has 24 heavy (non-hydrogen) atoms. The number of rotatable bonds is 3. The highest BCUT2D eigenvalue weighted by molar-refractivity contribution is 9.10. The smallest absolute Gasteiger partial charge is 0.251 e. The van der Waals surface area contributed by atoms with E-state index in [2.05, 4.69) is 27.3 Å². The summed E-state index contributed by atoms with van der Waals surface area (Å²) in [6, 6.07) is 14.5. The van der Waals surface area contributed by atoms with Crippen LogP contribution in [0.2, 0.25) is 0 Å². The number of para-hydroxylation sites is 1. The van der Waals surface area contributed by atoms with Crippen molar-refractivity contribution in [1.82, 2.24) is 5.32 Å². The maximum atomic E-state index is 12.8. The molecule has 0 saturated heterocycles. The van der Waals surface area contributed by atoms with Gasteiger partial charge in [-0.25, -0.2) is 0 Å². The molecule has 1 aliphatic rings. The molecule has 124 valence electrons. The van der Waals surface area contributed by atoms with Crippen molar-refractivity contribution in [1.29, 1.82) is 0 Å². The Balaban J connectivity index is 1.71. The van der Waals surface area contributed by atoms with E-state index in [0.717, 1.165) is 23.0 Å². The quantitative estimate of drug-likeness (QED) is 0.876. The molecular formula is C19H19BrN2O2. The summed E-state index contributed by atoms with van der Waals surface area (Å²) in [7, 11) is 0. The number of hydrogen-bond donors (Lipinski definition) is 1. The number of benzene rings is 2. The standard InChI is InChI=1S/C19H19BrN2O2/c1-13(21-18(23)15-8-10-16(20)11-9-15)19(24)22-12-4-6-14-5-2-3-7-17(14)22/h2-3,5,7-11,13H,4,6,12H2,1H3,(H,21,23). The fourth-order valence-electron chi connectivity index (χ4n) is 2.94. The molecule has 1 atom stereocenters. The Hall–Kier alpha value is -2.14. The Morgan fingerprint density at radius 2 is 1.83 bits per heavy atom. The third-order valence-electron chi connectivity index (χ3n) is 4.20. The molecule has 0 aromatic heterocycles. The average molecular weight is 387 g/mol. The molecule has 4 nitrogen and oxygen atoms in total. The Labute approximate surface area is 150 Å². The van der Waals surface area contributed by atoms with Gasteiger partial charge in [0.15, 0.2) is 0 Å². The fraction of sp³-hybridized carbons (Fsp3) is 0.263. The highest BCUT2D eigenvalue weighted by atomic mass is 79.9. The maximum Gasteiger partial charge on any atom is 0.251 e. The van der Waals surface area contributed by atoms with Crippen LogP contribution >= 0.6 is 15.9 Å². The van der Waals surface area contributed by atoms with Crippen molar-refractivity contribution in [3.63, 3.8) is 0 Å². The number of nitrogens with zero attached hydrogens (tertiary/aromatic N) is 1. The lowest BCUT2D eigenvalue weighted by Crippen LogP contribution is -2.48. The van der Waals surface area contributed by atoms with Gasteiger partial charge in [0.2, 0.25) is 5.91 Å². The van der Waals surface area contributed by atoms with Gasteiger partial charge in [0.1, 0.15) is 6.04 Å². The van der Waals surface area contributed by atoms with Gasteiger partial charge in [-0.05, 0) is 55.7 Å². The molecule has 0 radical (unpaired) electrons. The summed E-state index contributed by atoms with van der Waals surface area (Å²) in [5, 5.41) is 2.80. The van der Waals surface area contributed by atoms with E-state index in [1.54, 1.807) is 24.0 Å². The molecule has 2 amide bonds. The van der Waals surface area contributed by atoms with Crippen LogP contribution in [0.4, 0.5) is 5.69 Å². The Morgan fingerprint density at radius 1 is 1.12 bits per heavy atom. The van der Waals surface area contributed by atoms with E-state index in [1.807, 2.05) is 30.3 Å². The molecule has 3 rings (SSSR count). The second kappa shape index (κ2) is 7.18. The molecular weight excluding hydrogens is 368 g/mol. The molecule has 1 unspecified atom stereocenters. The van der Waals surface area contributed by atoms with Gasteiger partial charge >= 0.3 is 0 Å². The first kappa shape index (κ1) is 16.7. The molecule has 0 bridgehead atoms. The number of fused-ring (bicyclic) bond motifs is 1. The summed E-state index contributed by atoms with van der Waals surface area (Å²) < 4.78 is 0.910. The zero-order valence-electron chi connectivity index (χ0n) is 13.5. The number of aryl methyl sites for hydroxylation is 1. The largest absolute Gasteiger partial charge is 0.341 e. The first-order chi connectivity index (χ1) is 11.6. The summed E-state index contributed by atoms with van der Waals surface area (Å²) in [5.41, 5.74) is 2.68. The van der Waals surface area contributed by atoms with Crippen LogP contribution in [0, 0.1) is 0 Å². The third-order valence-corrected chi connectivity index (χ3v) is 4.73. The Bertz CT molecular complexity index is 758. The zero-order valence-corrected chi connectivity index (χ0v) is 15.0. The van der Waals surface area contributed by atoms with Crippen molar-refractivity contribution >= 4 is 33.4 Å². The molecule has 1 N–H and O–H groups in total. The molecule has 0 spiro atoms. The van der Waals surface area contributed by atoms with E-state index in [9.17, 15) is 9.59 Å². The monoisotopic (exact) mass is 386 g/mol. The Morgan fingerprint density at radius 3 is 2.58 bits per heavy atom. The van der Waals surface area contributed by atoms with Crippen LogP contribution in [0.25, 0.3) is 0 Å². The normalized spacial score (nSPS) is 14.7. The highest BCUT2D eigenvalue weighted by Gasteiger charge is 2.27. The minimum Gasteiger partial charge on any atom is -0.341 e. The van der Waals surface area contributed by atoms with Gasteiger partial charge in [-0.1, -0.05) is 34.1 Å². The summed E-state index contributed by atoms with van der Waals surface area (Å²) in [5.74, 6) is -0.318. The molecule has 0 fully saturated rings. The lowest BCUT2D eigenvalue weighted by atomic mass is 10.0. The van der Waals surface area contributed by atoms with Crippen LogP contribution in [-0.4, -0.2) is 24.4 Å². The summed E-state index contributed by atoms with van der Waals surface area (Å²) >= 11 is 3.34. The lowest BCUT2D eigenvalue weighted by molar-refractivity contribution is -0.120. The molecule has 0 aliphatic carbocycles. The van der Waals surface area contributed by atoms with E-state index < -0.39 is 6.04 Å². The van der Waals surface area contributed by atoms with Gasteiger partial charge in [-0.3, -0.25) is 9.59 Å². The maximum absolute atomic E-state index is 12.8. The number of anilines is 1. The van der Waals surface area contributed by atoms with Crippen molar-refractivity contribution in [2.24, 2.45) is 0 Å². The van der Waals surface area contributed by atoms with Crippen molar-refractivity contribution in [3.8, 4) is 0 Å². The van der Waals surface area contributed by atoms with E-state index in [4.69, 9.17) is 0 Å². The third kappa shape index (κ3) is 3.51. The second-order valence-corrected chi connectivity index (χ2v) is 6.84. The molecule has 2 aromatic carbocycles. The minimum atomic E-state index is -0.577. The lowest BCUT2D eigenvalue weighted by Gasteiger charge is -2.31. The number of carbonyl (C=O) groups excluding carboxylic acids is 2. The second-order valence-electron chi connectivity index (χ2n) is 5.92. The minimum absolute atomic E-state index is 0.0763. The van der Waals surface area contributed by atoms with Crippen LogP contribution in [0.1, 0.15) is 29.3 Å². The molecule has 1 aliphatic heterocycles. The fourth-order valence-corrected chi connectivity index (χ4v) is 3.20. The summed E-state index contributed by atoms with van der Waals surface area (Å²) in [6.45, 7) is 2.42. The van der Waals surface area contributed by atoms with E-state index >= 15 is 0 Å². The van der Waals surface area contributed by atoms with Crippen molar-refractivity contribution in [2.45, 2.75) is 25.8 Å². The van der Waals surface area contributed by atoms with E-state index in [1.165, 1.54) is 5.56 Å². The van der Waals surface area contributed by atoms with Crippen molar-refractivity contribution < 1.29 is 9.59 Å². The topological polar surface area (TPSA) is 49.4 Å². The zero-order chi connectivity index (χ0) is 17.1. The Kier molecular flexibility index (Phi) is 5.00. The predicted molar refractivity (Wildman–Crippen MR) is 98.2 cm³/mol.